The zero-order chi connectivity index (χ0) is 14.4. The van der Waals surface area contributed by atoms with Crippen LogP contribution in [0, 0.1) is 0 Å². The highest BCUT2D eigenvalue weighted by Gasteiger charge is 2.09. The predicted molar refractivity (Wildman–Crippen MR) is 73.5 cm³/mol. The maximum atomic E-state index is 11.8. The summed E-state index contributed by atoms with van der Waals surface area (Å²) in [6.07, 6.45) is 1.47. The first-order valence-corrected chi connectivity index (χ1v) is 6.08. The van der Waals surface area contributed by atoms with Gasteiger partial charge in [0, 0.05) is 24.6 Å². The van der Waals surface area contributed by atoms with E-state index in [-0.39, 0.29) is 30.3 Å². The molecule has 2 aromatic rings. The van der Waals surface area contributed by atoms with Gasteiger partial charge in [0.15, 0.2) is 5.78 Å². The molecule has 1 aromatic carbocycles. The Morgan fingerprint density at radius 1 is 1.10 bits per heavy atom. The average molecular weight is 271 g/mol. The van der Waals surface area contributed by atoms with Crippen LogP contribution in [0.4, 0.5) is 5.82 Å². The Labute approximate surface area is 114 Å². The number of Topliss-reactive ketones (excluding diaryl/α,β-unsaturated/α-hetero) is 1. The number of nitrogens with zero attached hydrogens (tertiary/aromatic N) is 1. The van der Waals surface area contributed by atoms with Crippen molar-refractivity contribution in [3.8, 4) is 0 Å². The van der Waals surface area contributed by atoms with E-state index in [4.69, 9.17) is 0 Å². The summed E-state index contributed by atoms with van der Waals surface area (Å²) >= 11 is 0. The normalized spacial score (nSPS) is 10.0. The van der Waals surface area contributed by atoms with Crippen LogP contribution in [0.15, 0.2) is 47.4 Å². The molecular weight excluding hydrogens is 258 g/mol. The van der Waals surface area contributed by atoms with Gasteiger partial charge in [0.2, 0.25) is 5.91 Å². The number of hydrogen-bond acceptors (Lipinski definition) is 4. The van der Waals surface area contributed by atoms with Gasteiger partial charge >= 0.3 is 5.69 Å². The molecule has 0 aliphatic carbocycles. The second kappa shape index (κ2) is 6.42. The number of H-pyrrole nitrogens is 1. The monoisotopic (exact) mass is 271 g/mol. The quantitative estimate of drug-likeness (QED) is 0.803. The summed E-state index contributed by atoms with van der Waals surface area (Å²) in [7, 11) is 0. The number of ketones is 1. The molecule has 0 atom stereocenters. The van der Waals surface area contributed by atoms with Crippen molar-refractivity contribution in [1.29, 1.82) is 0 Å². The number of carbonyl (C=O) groups is 2. The van der Waals surface area contributed by atoms with Crippen LogP contribution in [-0.4, -0.2) is 21.7 Å². The van der Waals surface area contributed by atoms with Crippen molar-refractivity contribution < 1.29 is 9.59 Å². The molecule has 0 spiro atoms. The van der Waals surface area contributed by atoms with E-state index in [0.29, 0.717) is 5.56 Å². The Morgan fingerprint density at radius 2 is 1.85 bits per heavy atom. The van der Waals surface area contributed by atoms with Crippen molar-refractivity contribution in [2.45, 2.75) is 12.8 Å². The molecular formula is C14H13N3O3. The number of rotatable bonds is 5. The molecule has 0 saturated carbocycles. The van der Waals surface area contributed by atoms with Gasteiger partial charge in [-0.15, -0.1) is 0 Å². The van der Waals surface area contributed by atoms with Crippen molar-refractivity contribution in [1.82, 2.24) is 9.97 Å². The van der Waals surface area contributed by atoms with Crippen LogP contribution in [0.5, 0.6) is 0 Å². The summed E-state index contributed by atoms with van der Waals surface area (Å²) < 4.78 is 0. The molecule has 1 amide bonds. The topological polar surface area (TPSA) is 91.9 Å². The number of carbonyl (C=O) groups excluding carboxylic acids is 2. The Bertz CT molecular complexity index is 665. The van der Waals surface area contributed by atoms with Gasteiger partial charge in [0.25, 0.3) is 0 Å². The molecule has 0 unspecified atom stereocenters. The molecule has 0 aliphatic rings. The molecule has 0 radical (unpaired) electrons. The first-order chi connectivity index (χ1) is 9.65. The molecule has 0 bridgehead atoms. The summed E-state index contributed by atoms with van der Waals surface area (Å²) in [6, 6.07) is 10.3. The highest BCUT2D eigenvalue weighted by Crippen LogP contribution is 2.06. The van der Waals surface area contributed by atoms with Gasteiger partial charge in [-0.3, -0.25) is 14.6 Å². The number of aromatic nitrogens is 2. The van der Waals surface area contributed by atoms with Crippen molar-refractivity contribution in [2.75, 3.05) is 5.32 Å². The lowest BCUT2D eigenvalue weighted by molar-refractivity contribution is -0.116. The SMILES string of the molecule is O=C(CCC(=O)c1ccccc1)Nc1ccnc(=O)[nH]1. The van der Waals surface area contributed by atoms with Gasteiger partial charge < -0.3 is 5.32 Å². The summed E-state index contributed by atoms with van der Waals surface area (Å²) in [4.78, 5) is 40.2. The van der Waals surface area contributed by atoms with Crippen LogP contribution in [0.3, 0.4) is 0 Å². The molecule has 1 aromatic heterocycles. The number of aromatic amines is 1. The molecule has 6 heteroatoms. The third-order valence-electron chi connectivity index (χ3n) is 2.62. The number of benzene rings is 1. The Balaban J connectivity index is 1.87. The molecule has 0 aliphatic heterocycles. The van der Waals surface area contributed by atoms with E-state index in [1.165, 1.54) is 12.3 Å². The van der Waals surface area contributed by atoms with Crippen molar-refractivity contribution in [2.24, 2.45) is 0 Å². The zero-order valence-electron chi connectivity index (χ0n) is 10.6. The van der Waals surface area contributed by atoms with Crippen LogP contribution < -0.4 is 11.0 Å². The lowest BCUT2D eigenvalue weighted by atomic mass is 10.1. The fourth-order valence-electron chi connectivity index (χ4n) is 1.65. The highest BCUT2D eigenvalue weighted by molar-refractivity contribution is 5.99. The number of hydrogen-bond donors (Lipinski definition) is 2. The molecule has 1 heterocycles. The smallest absolute Gasteiger partial charge is 0.312 e. The summed E-state index contributed by atoms with van der Waals surface area (Å²) in [5.41, 5.74) is 0.0424. The third-order valence-corrected chi connectivity index (χ3v) is 2.62. The maximum absolute atomic E-state index is 11.8. The van der Waals surface area contributed by atoms with Crippen LogP contribution in [0.2, 0.25) is 0 Å². The van der Waals surface area contributed by atoms with Gasteiger partial charge in [-0.1, -0.05) is 30.3 Å². The molecule has 102 valence electrons. The van der Waals surface area contributed by atoms with Crippen LogP contribution in [0.25, 0.3) is 0 Å². The summed E-state index contributed by atoms with van der Waals surface area (Å²) in [5, 5.41) is 2.50. The van der Waals surface area contributed by atoms with Crippen LogP contribution in [0.1, 0.15) is 23.2 Å². The zero-order valence-corrected chi connectivity index (χ0v) is 10.6. The minimum absolute atomic E-state index is 0.0537. The summed E-state index contributed by atoms with van der Waals surface area (Å²) in [5.74, 6) is -0.165. The fourth-order valence-corrected chi connectivity index (χ4v) is 1.65. The molecule has 2 rings (SSSR count). The van der Waals surface area contributed by atoms with E-state index < -0.39 is 5.69 Å². The second-order valence-corrected chi connectivity index (χ2v) is 4.13. The molecule has 0 saturated heterocycles. The van der Waals surface area contributed by atoms with Crippen LogP contribution >= 0.6 is 0 Å². The van der Waals surface area contributed by atoms with E-state index >= 15 is 0 Å². The second-order valence-electron chi connectivity index (χ2n) is 4.13. The first-order valence-electron chi connectivity index (χ1n) is 6.08. The summed E-state index contributed by atoms with van der Waals surface area (Å²) in [6.45, 7) is 0. The van der Waals surface area contributed by atoms with Crippen molar-refractivity contribution in [3.05, 3.63) is 58.6 Å². The Morgan fingerprint density at radius 3 is 2.55 bits per heavy atom. The number of amides is 1. The third kappa shape index (κ3) is 3.88. The van der Waals surface area contributed by atoms with Gasteiger partial charge in [-0.2, -0.15) is 0 Å². The van der Waals surface area contributed by atoms with Crippen LogP contribution in [-0.2, 0) is 4.79 Å². The minimum Gasteiger partial charge on any atom is -0.312 e. The Hall–Kier alpha value is -2.76. The largest absolute Gasteiger partial charge is 0.346 e. The van der Waals surface area contributed by atoms with Gasteiger partial charge in [-0.05, 0) is 6.07 Å². The lowest BCUT2D eigenvalue weighted by Crippen LogP contribution is -2.18. The minimum atomic E-state index is -0.539. The number of anilines is 1. The van der Waals surface area contributed by atoms with Crippen molar-refractivity contribution in [3.63, 3.8) is 0 Å². The van der Waals surface area contributed by atoms with E-state index in [0.717, 1.165) is 0 Å². The van der Waals surface area contributed by atoms with Gasteiger partial charge in [-0.25, -0.2) is 9.78 Å². The van der Waals surface area contributed by atoms with E-state index in [9.17, 15) is 14.4 Å². The van der Waals surface area contributed by atoms with E-state index in [1.54, 1.807) is 24.3 Å². The van der Waals surface area contributed by atoms with Crippen molar-refractivity contribution >= 4 is 17.5 Å². The maximum Gasteiger partial charge on any atom is 0.346 e. The first kappa shape index (κ1) is 13.7. The van der Waals surface area contributed by atoms with Gasteiger partial charge in [0.1, 0.15) is 5.82 Å². The fraction of sp³-hybridized carbons (Fsp3) is 0.143. The number of nitrogens with one attached hydrogen (secondary N) is 2. The van der Waals surface area contributed by atoms with E-state index in [2.05, 4.69) is 15.3 Å². The average Bonchev–Trinajstić information content (AvgIpc) is 2.46. The predicted octanol–water partition coefficient (Wildman–Crippen LogP) is 1.37. The molecule has 6 nitrogen and oxygen atoms in total. The lowest BCUT2D eigenvalue weighted by Gasteiger charge is -2.04. The molecule has 0 fully saturated rings. The molecule has 2 N–H and O–H groups in total. The highest BCUT2D eigenvalue weighted by atomic mass is 16.2. The molecule has 20 heavy (non-hydrogen) atoms. The standard InChI is InChI=1S/C14H13N3O3/c18-11(10-4-2-1-3-5-10)6-7-13(19)16-12-8-9-15-14(20)17-12/h1-5,8-9H,6-7H2,(H2,15,16,17,19,20). The van der Waals surface area contributed by atoms with E-state index in [1.807, 2.05) is 6.07 Å². The van der Waals surface area contributed by atoms with Gasteiger partial charge in [0.05, 0.1) is 0 Å². The Kier molecular flexibility index (Phi) is 4.39.